The maximum Gasteiger partial charge on any atom is 0.153 e. The molecule has 2 rings (SSSR count). The second kappa shape index (κ2) is 2.38. The summed E-state index contributed by atoms with van der Waals surface area (Å²) < 4.78 is 0. The van der Waals surface area contributed by atoms with E-state index in [1.807, 2.05) is 0 Å². The van der Waals surface area contributed by atoms with Crippen molar-refractivity contribution in [2.75, 3.05) is 18.1 Å². The molecule has 1 fully saturated rings. The fourth-order valence-electron chi connectivity index (χ4n) is 1.05. The van der Waals surface area contributed by atoms with Gasteiger partial charge in [0.15, 0.2) is 6.29 Å². The Balaban J connectivity index is 2.17. The highest BCUT2D eigenvalue weighted by Gasteiger charge is 2.14. The van der Waals surface area contributed by atoms with Gasteiger partial charge in [0.1, 0.15) is 0 Å². The lowest BCUT2D eigenvalue weighted by Crippen LogP contribution is -2.46. The second-order valence-corrected chi connectivity index (χ2v) is 2.62. The first-order valence-corrected chi connectivity index (χ1v) is 3.65. The Morgan fingerprint density at radius 1 is 1.55 bits per heavy atom. The molecule has 0 saturated carbocycles. The van der Waals surface area contributed by atoms with Gasteiger partial charge in [-0.15, -0.1) is 0 Å². The van der Waals surface area contributed by atoms with E-state index in [1.165, 1.54) is 6.42 Å². The average molecular weight is 151 g/mol. The number of carbonyl (C=O) groups is 1. The van der Waals surface area contributed by atoms with Crippen molar-refractivity contribution in [1.29, 1.82) is 0 Å². The van der Waals surface area contributed by atoms with Crippen LogP contribution in [0.1, 0.15) is 16.8 Å². The summed E-state index contributed by atoms with van der Waals surface area (Å²) in [5.41, 5.74) is 0.636. The molecule has 1 aromatic heterocycles. The molecular weight excluding hydrogens is 142 g/mol. The van der Waals surface area contributed by atoms with Crippen LogP contribution in [0.5, 0.6) is 0 Å². The molecule has 0 unspecified atom stereocenters. The van der Waals surface area contributed by atoms with Gasteiger partial charge in [-0.05, 0) is 6.42 Å². The molecule has 4 nitrogen and oxygen atoms in total. The second-order valence-electron chi connectivity index (χ2n) is 2.62. The highest BCUT2D eigenvalue weighted by molar-refractivity contribution is 5.73. The SMILES string of the molecule is O=Cc1cnn(N2CCC2)c1. The van der Waals surface area contributed by atoms with Crippen LogP contribution < -0.4 is 5.01 Å². The van der Waals surface area contributed by atoms with Crippen LogP contribution in [0.4, 0.5) is 0 Å². The molecule has 1 aliphatic heterocycles. The highest BCUT2D eigenvalue weighted by Crippen LogP contribution is 2.04. The quantitative estimate of drug-likeness (QED) is 0.560. The van der Waals surface area contributed by atoms with Gasteiger partial charge in [0.25, 0.3) is 0 Å². The third-order valence-corrected chi connectivity index (χ3v) is 1.85. The fraction of sp³-hybridized carbons (Fsp3) is 0.429. The van der Waals surface area contributed by atoms with Gasteiger partial charge in [-0.1, -0.05) is 0 Å². The number of aromatic nitrogens is 2. The zero-order valence-electron chi connectivity index (χ0n) is 6.10. The summed E-state index contributed by atoms with van der Waals surface area (Å²) in [5.74, 6) is 0. The summed E-state index contributed by atoms with van der Waals surface area (Å²) in [6, 6.07) is 0. The van der Waals surface area contributed by atoms with E-state index in [0.717, 1.165) is 19.4 Å². The first-order chi connectivity index (χ1) is 5.40. The van der Waals surface area contributed by atoms with Crippen molar-refractivity contribution in [3.05, 3.63) is 18.0 Å². The van der Waals surface area contributed by atoms with E-state index >= 15 is 0 Å². The molecule has 1 saturated heterocycles. The Morgan fingerprint density at radius 2 is 2.36 bits per heavy atom. The molecule has 0 aromatic carbocycles. The van der Waals surface area contributed by atoms with E-state index < -0.39 is 0 Å². The Kier molecular flexibility index (Phi) is 1.38. The van der Waals surface area contributed by atoms with Gasteiger partial charge < -0.3 is 0 Å². The van der Waals surface area contributed by atoms with Crippen molar-refractivity contribution in [2.45, 2.75) is 6.42 Å². The van der Waals surface area contributed by atoms with Gasteiger partial charge in [-0.2, -0.15) is 9.89 Å². The van der Waals surface area contributed by atoms with E-state index in [-0.39, 0.29) is 0 Å². The summed E-state index contributed by atoms with van der Waals surface area (Å²) >= 11 is 0. The van der Waals surface area contributed by atoms with Gasteiger partial charge in [0, 0.05) is 13.1 Å². The Labute approximate surface area is 64.4 Å². The smallest absolute Gasteiger partial charge is 0.153 e. The first-order valence-electron chi connectivity index (χ1n) is 3.65. The molecule has 1 aromatic rings. The van der Waals surface area contributed by atoms with Gasteiger partial charge in [-0.3, -0.25) is 9.80 Å². The lowest BCUT2D eigenvalue weighted by Gasteiger charge is -2.32. The lowest BCUT2D eigenvalue weighted by molar-refractivity contribution is 0.112. The molecule has 58 valence electrons. The van der Waals surface area contributed by atoms with E-state index in [2.05, 4.69) is 10.1 Å². The summed E-state index contributed by atoms with van der Waals surface area (Å²) in [5, 5.41) is 6.10. The zero-order chi connectivity index (χ0) is 7.68. The normalized spacial score (nSPS) is 16.2. The summed E-state index contributed by atoms with van der Waals surface area (Å²) in [4.78, 5) is 12.0. The van der Waals surface area contributed by atoms with Crippen LogP contribution in [0.25, 0.3) is 0 Å². The van der Waals surface area contributed by atoms with Crippen LogP contribution in [0, 0.1) is 0 Å². The van der Waals surface area contributed by atoms with Crippen molar-refractivity contribution in [2.24, 2.45) is 0 Å². The largest absolute Gasteiger partial charge is 0.298 e. The van der Waals surface area contributed by atoms with Crippen molar-refractivity contribution in [1.82, 2.24) is 9.89 Å². The number of hydrogen-bond acceptors (Lipinski definition) is 3. The summed E-state index contributed by atoms with van der Waals surface area (Å²) in [6.07, 6.45) is 5.34. The molecule has 0 spiro atoms. The molecule has 0 radical (unpaired) electrons. The van der Waals surface area contributed by atoms with Crippen LogP contribution in [0.15, 0.2) is 12.4 Å². The lowest BCUT2D eigenvalue weighted by atomic mass is 10.3. The minimum absolute atomic E-state index is 0.636. The Hall–Kier alpha value is -1.32. The molecule has 0 N–H and O–H groups in total. The van der Waals surface area contributed by atoms with Crippen molar-refractivity contribution >= 4 is 6.29 Å². The van der Waals surface area contributed by atoms with Crippen molar-refractivity contribution < 1.29 is 4.79 Å². The first kappa shape index (κ1) is 6.39. The van der Waals surface area contributed by atoms with E-state index in [9.17, 15) is 4.79 Å². The van der Waals surface area contributed by atoms with Gasteiger partial charge in [-0.25, -0.2) is 0 Å². The maximum atomic E-state index is 10.3. The zero-order valence-corrected chi connectivity index (χ0v) is 6.10. The molecular formula is C7H9N3O. The van der Waals surface area contributed by atoms with Crippen molar-refractivity contribution in [3.63, 3.8) is 0 Å². The topological polar surface area (TPSA) is 38.1 Å². The monoisotopic (exact) mass is 151 g/mol. The van der Waals surface area contributed by atoms with Crippen LogP contribution in [-0.4, -0.2) is 29.3 Å². The van der Waals surface area contributed by atoms with Gasteiger partial charge in [0.05, 0.1) is 18.0 Å². The molecule has 1 aliphatic rings. The van der Waals surface area contributed by atoms with E-state index in [0.29, 0.717) is 5.56 Å². The number of rotatable bonds is 2. The third kappa shape index (κ3) is 1.00. The molecule has 0 amide bonds. The molecule has 11 heavy (non-hydrogen) atoms. The summed E-state index contributed by atoms with van der Waals surface area (Å²) in [7, 11) is 0. The molecule has 0 aliphatic carbocycles. The predicted molar refractivity (Wildman–Crippen MR) is 40.2 cm³/mol. The average Bonchev–Trinajstić information content (AvgIpc) is 2.32. The van der Waals surface area contributed by atoms with Crippen molar-refractivity contribution in [3.8, 4) is 0 Å². The minimum atomic E-state index is 0.636. The van der Waals surface area contributed by atoms with Crippen LogP contribution in [0.2, 0.25) is 0 Å². The third-order valence-electron chi connectivity index (χ3n) is 1.85. The minimum Gasteiger partial charge on any atom is -0.298 e. The molecule has 0 atom stereocenters. The van der Waals surface area contributed by atoms with Crippen LogP contribution in [-0.2, 0) is 0 Å². The van der Waals surface area contributed by atoms with Crippen LogP contribution >= 0.6 is 0 Å². The van der Waals surface area contributed by atoms with E-state index in [4.69, 9.17) is 0 Å². The maximum absolute atomic E-state index is 10.3. The fourth-order valence-corrected chi connectivity index (χ4v) is 1.05. The standard InChI is InChI=1S/C7H9N3O/c11-6-7-4-8-10(5-7)9-2-1-3-9/h4-6H,1-3H2. The Morgan fingerprint density at radius 3 is 2.82 bits per heavy atom. The number of nitrogens with zero attached hydrogens (tertiary/aromatic N) is 3. The van der Waals surface area contributed by atoms with E-state index in [1.54, 1.807) is 17.2 Å². The summed E-state index contributed by atoms with van der Waals surface area (Å²) in [6.45, 7) is 2.08. The van der Waals surface area contributed by atoms with Gasteiger partial charge >= 0.3 is 0 Å². The predicted octanol–water partition coefficient (Wildman–Crippen LogP) is 0.0373. The van der Waals surface area contributed by atoms with Crippen LogP contribution in [0.3, 0.4) is 0 Å². The number of aldehydes is 1. The van der Waals surface area contributed by atoms with Gasteiger partial charge in [0.2, 0.25) is 0 Å². The molecule has 4 heteroatoms. The molecule has 0 bridgehead atoms. The number of carbonyl (C=O) groups excluding carboxylic acids is 1. The number of hydrogen-bond donors (Lipinski definition) is 0. The molecule has 2 heterocycles. The highest BCUT2D eigenvalue weighted by atomic mass is 16.1. The Bertz CT molecular complexity index is 264.